The highest BCUT2D eigenvalue weighted by Gasteiger charge is 2.16. The van der Waals surface area contributed by atoms with Gasteiger partial charge in [-0.15, -0.1) is 12.6 Å². The van der Waals surface area contributed by atoms with Crippen molar-refractivity contribution in [1.29, 1.82) is 0 Å². The molecule has 5 nitrogen and oxygen atoms in total. The van der Waals surface area contributed by atoms with Crippen LogP contribution in [0.4, 0.5) is 0 Å². The number of benzene rings is 3. The number of oxime groups is 1. The lowest BCUT2D eigenvalue weighted by Crippen LogP contribution is -2.03. The molecule has 162 valence electrons. The van der Waals surface area contributed by atoms with Gasteiger partial charge >= 0.3 is 5.97 Å². The SMILES string of the molecule is CCn1c2ccc(C(=O)c3ccc(S)cc3C)cc2c2cc(/C(C)=N\OC(C)=O)ccc21. The third-order valence-electron chi connectivity index (χ3n) is 5.63. The zero-order valence-corrected chi connectivity index (χ0v) is 19.4. The largest absolute Gasteiger partial charge is 0.341 e. The van der Waals surface area contributed by atoms with Crippen LogP contribution in [0.5, 0.6) is 0 Å². The topological polar surface area (TPSA) is 60.7 Å². The van der Waals surface area contributed by atoms with Crippen LogP contribution in [0.2, 0.25) is 0 Å². The summed E-state index contributed by atoms with van der Waals surface area (Å²) in [5.74, 6) is -0.476. The molecule has 0 N–H and O–H groups in total. The summed E-state index contributed by atoms with van der Waals surface area (Å²) >= 11 is 4.36. The van der Waals surface area contributed by atoms with Gasteiger partial charge in [0.2, 0.25) is 0 Å². The lowest BCUT2D eigenvalue weighted by atomic mass is 9.97. The summed E-state index contributed by atoms with van der Waals surface area (Å²) in [6, 6.07) is 17.4. The van der Waals surface area contributed by atoms with E-state index in [9.17, 15) is 9.59 Å². The number of aryl methyl sites for hydroxylation is 2. The summed E-state index contributed by atoms with van der Waals surface area (Å²) in [4.78, 5) is 30.0. The van der Waals surface area contributed by atoms with Gasteiger partial charge in [0.15, 0.2) is 5.78 Å². The smallest absolute Gasteiger partial charge is 0.331 e. The first-order chi connectivity index (χ1) is 15.3. The van der Waals surface area contributed by atoms with Crippen molar-refractivity contribution in [3.8, 4) is 0 Å². The van der Waals surface area contributed by atoms with Crippen molar-refractivity contribution in [3.05, 3.63) is 76.9 Å². The predicted molar refractivity (Wildman–Crippen MR) is 131 cm³/mol. The summed E-state index contributed by atoms with van der Waals surface area (Å²) < 4.78 is 2.22. The van der Waals surface area contributed by atoms with Crippen molar-refractivity contribution in [2.24, 2.45) is 5.16 Å². The molecule has 0 spiro atoms. The number of carbonyl (C=O) groups excluding carboxylic acids is 2. The standard InChI is InChI=1S/C26H24N2O3S/c1-5-28-24-10-6-18(16(3)27-31-17(4)29)13-22(24)23-14-19(7-11-25(23)28)26(30)21-9-8-20(32)12-15(21)2/h6-14,32H,5H2,1-4H3/b27-16-. The van der Waals surface area contributed by atoms with Crippen molar-refractivity contribution in [3.63, 3.8) is 0 Å². The summed E-state index contributed by atoms with van der Waals surface area (Å²) in [6.07, 6.45) is 0. The molecule has 4 rings (SSSR count). The lowest BCUT2D eigenvalue weighted by Gasteiger charge is -2.07. The molecule has 1 aromatic heterocycles. The van der Waals surface area contributed by atoms with Crippen molar-refractivity contribution in [2.45, 2.75) is 39.1 Å². The van der Waals surface area contributed by atoms with E-state index < -0.39 is 5.97 Å². The van der Waals surface area contributed by atoms with Gasteiger partial charge < -0.3 is 9.40 Å². The normalized spacial score (nSPS) is 11.8. The van der Waals surface area contributed by atoms with Crippen LogP contribution < -0.4 is 0 Å². The second kappa shape index (κ2) is 8.63. The first kappa shape index (κ1) is 21.8. The minimum absolute atomic E-state index is 0.0149. The first-order valence-electron chi connectivity index (χ1n) is 10.4. The lowest BCUT2D eigenvalue weighted by molar-refractivity contribution is -0.140. The molecule has 0 aliphatic rings. The molecule has 0 unspecified atom stereocenters. The van der Waals surface area contributed by atoms with Crippen LogP contribution in [-0.4, -0.2) is 22.0 Å². The molecular weight excluding hydrogens is 420 g/mol. The van der Waals surface area contributed by atoms with Gasteiger partial charge in [0.1, 0.15) is 0 Å². The molecule has 0 aliphatic carbocycles. The number of carbonyl (C=O) groups is 2. The summed E-state index contributed by atoms with van der Waals surface area (Å²) in [5, 5.41) is 5.93. The van der Waals surface area contributed by atoms with Crippen LogP contribution in [0.1, 0.15) is 47.8 Å². The molecular formula is C26H24N2O3S. The molecule has 0 aliphatic heterocycles. The molecule has 0 amide bonds. The molecule has 6 heteroatoms. The summed E-state index contributed by atoms with van der Waals surface area (Å²) in [7, 11) is 0. The van der Waals surface area contributed by atoms with Crippen LogP contribution in [0.15, 0.2) is 64.6 Å². The molecule has 3 aromatic carbocycles. The van der Waals surface area contributed by atoms with Gasteiger partial charge in [-0.3, -0.25) is 4.79 Å². The van der Waals surface area contributed by atoms with E-state index in [4.69, 9.17) is 4.84 Å². The number of ketones is 1. The van der Waals surface area contributed by atoms with E-state index in [1.807, 2.05) is 61.5 Å². The fraction of sp³-hybridized carbons (Fsp3) is 0.192. The fourth-order valence-corrected chi connectivity index (χ4v) is 4.32. The van der Waals surface area contributed by atoms with E-state index >= 15 is 0 Å². The summed E-state index contributed by atoms with van der Waals surface area (Å²) in [5.41, 5.74) is 5.81. The van der Waals surface area contributed by atoms with E-state index in [-0.39, 0.29) is 5.78 Å². The predicted octanol–water partition coefficient (Wildman–Crippen LogP) is 5.93. The van der Waals surface area contributed by atoms with Crippen molar-refractivity contribution in [1.82, 2.24) is 4.57 Å². The Morgan fingerprint density at radius 1 is 0.938 bits per heavy atom. The fourth-order valence-electron chi connectivity index (χ4n) is 4.05. The molecule has 0 saturated heterocycles. The van der Waals surface area contributed by atoms with Gasteiger partial charge in [-0.2, -0.15) is 0 Å². The van der Waals surface area contributed by atoms with E-state index in [0.717, 1.165) is 44.4 Å². The van der Waals surface area contributed by atoms with Gasteiger partial charge in [0.25, 0.3) is 0 Å². The summed E-state index contributed by atoms with van der Waals surface area (Å²) in [6.45, 7) is 7.94. The second-order valence-corrected chi connectivity index (χ2v) is 8.31. The highest BCUT2D eigenvalue weighted by atomic mass is 32.1. The molecule has 4 aromatic rings. The van der Waals surface area contributed by atoms with Crippen LogP contribution in [0.3, 0.4) is 0 Å². The number of fused-ring (bicyclic) bond motifs is 3. The average Bonchev–Trinajstić information content (AvgIpc) is 3.09. The third kappa shape index (κ3) is 3.94. The van der Waals surface area contributed by atoms with E-state index in [2.05, 4.69) is 29.3 Å². The van der Waals surface area contributed by atoms with Gasteiger partial charge in [-0.1, -0.05) is 11.2 Å². The number of rotatable bonds is 5. The second-order valence-electron chi connectivity index (χ2n) is 7.80. The maximum atomic E-state index is 13.3. The molecule has 1 heterocycles. The molecule has 0 radical (unpaired) electrons. The number of nitrogens with zero attached hydrogens (tertiary/aromatic N) is 2. The molecule has 0 bridgehead atoms. The van der Waals surface area contributed by atoms with E-state index in [1.165, 1.54) is 6.92 Å². The number of thiol groups is 1. The van der Waals surface area contributed by atoms with Gasteiger partial charge in [0.05, 0.1) is 5.71 Å². The molecule has 32 heavy (non-hydrogen) atoms. The molecule has 0 saturated carbocycles. The molecule has 0 fully saturated rings. The number of hydrogen-bond acceptors (Lipinski definition) is 5. The zero-order valence-electron chi connectivity index (χ0n) is 18.5. The third-order valence-corrected chi connectivity index (χ3v) is 5.90. The van der Waals surface area contributed by atoms with E-state index in [0.29, 0.717) is 16.8 Å². The van der Waals surface area contributed by atoms with Crippen LogP contribution in [0, 0.1) is 6.92 Å². The van der Waals surface area contributed by atoms with Crippen LogP contribution in [-0.2, 0) is 16.2 Å². The Labute approximate surface area is 192 Å². The number of hydrogen-bond donors (Lipinski definition) is 1. The Hall–Kier alpha value is -3.38. The van der Waals surface area contributed by atoms with Gasteiger partial charge in [-0.25, -0.2) is 4.79 Å². The Morgan fingerprint density at radius 2 is 1.56 bits per heavy atom. The van der Waals surface area contributed by atoms with Gasteiger partial charge in [-0.05, 0) is 80.4 Å². The van der Waals surface area contributed by atoms with Gasteiger partial charge in [0, 0.05) is 51.3 Å². The Bertz CT molecular complexity index is 1420. The minimum Gasteiger partial charge on any atom is -0.341 e. The highest BCUT2D eigenvalue weighted by Crippen LogP contribution is 2.32. The maximum Gasteiger partial charge on any atom is 0.331 e. The number of aromatic nitrogens is 1. The molecule has 0 atom stereocenters. The maximum absolute atomic E-state index is 13.3. The minimum atomic E-state index is -0.461. The van der Waals surface area contributed by atoms with Crippen LogP contribution >= 0.6 is 12.6 Å². The van der Waals surface area contributed by atoms with Crippen molar-refractivity contribution in [2.75, 3.05) is 0 Å². The van der Waals surface area contributed by atoms with Crippen molar-refractivity contribution >= 4 is 51.9 Å². The van der Waals surface area contributed by atoms with Crippen molar-refractivity contribution < 1.29 is 14.4 Å². The Balaban J connectivity index is 1.87. The van der Waals surface area contributed by atoms with Crippen LogP contribution in [0.25, 0.3) is 21.8 Å². The Kier molecular flexibility index (Phi) is 5.89. The first-order valence-corrected chi connectivity index (χ1v) is 10.9. The highest BCUT2D eigenvalue weighted by molar-refractivity contribution is 7.80. The Morgan fingerprint density at radius 3 is 2.16 bits per heavy atom. The monoisotopic (exact) mass is 444 g/mol. The zero-order chi connectivity index (χ0) is 23.0. The van der Waals surface area contributed by atoms with E-state index in [1.54, 1.807) is 6.92 Å². The quantitative estimate of drug-likeness (QED) is 0.136. The average molecular weight is 445 g/mol.